The lowest BCUT2D eigenvalue weighted by atomic mass is 9.99. The normalized spacial score (nSPS) is 10.4. The van der Waals surface area contributed by atoms with Gasteiger partial charge in [0.25, 0.3) is 0 Å². The summed E-state index contributed by atoms with van der Waals surface area (Å²) >= 11 is 0. The molecule has 32 heavy (non-hydrogen) atoms. The fourth-order valence-electron chi connectivity index (χ4n) is 3.59. The van der Waals surface area contributed by atoms with E-state index in [-0.39, 0.29) is 6.61 Å². The maximum absolute atomic E-state index is 11.7. The van der Waals surface area contributed by atoms with Gasteiger partial charge in [-0.3, -0.25) is 4.79 Å². The second-order valence-corrected chi connectivity index (χ2v) is 7.41. The van der Waals surface area contributed by atoms with Gasteiger partial charge in [0.2, 0.25) is 0 Å². The SMILES string of the molecule is C=C(COc1cc(C=O)c(-c2ccccc2)cc1OC)c1ccc(-c2ccccc2)cc1. The first kappa shape index (κ1) is 21.1. The highest BCUT2D eigenvalue weighted by atomic mass is 16.5. The van der Waals surface area contributed by atoms with E-state index in [9.17, 15) is 4.79 Å². The van der Waals surface area contributed by atoms with Crippen molar-refractivity contribution in [1.82, 2.24) is 0 Å². The molecule has 3 heteroatoms. The summed E-state index contributed by atoms with van der Waals surface area (Å²) in [6.07, 6.45) is 0.839. The maximum Gasteiger partial charge on any atom is 0.162 e. The van der Waals surface area contributed by atoms with Gasteiger partial charge in [0.15, 0.2) is 17.8 Å². The molecule has 0 fully saturated rings. The Balaban J connectivity index is 1.52. The Labute approximate surface area is 188 Å². The van der Waals surface area contributed by atoms with Crippen molar-refractivity contribution in [3.05, 3.63) is 115 Å². The molecule has 0 aliphatic heterocycles. The number of benzene rings is 4. The van der Waals surface area contributed by atoms with Crippen LogP contribution in [-0.2, 0) is 0 Å². The molecule has 158 valence electrons. The van der Waals surface area contributed by atoms with Crippen LogP contribution in [0.4, 0.5) is 0 Å². The highest BCUT2D eigenvalue weighted by Crippen LogP contribution is 2.36. The number of methoxy groups -OCH3 is 1. The Hall–Kier alpha value is -4.11. The quantitative estimate of drug-likeness (QED) is 0.290. The van der Waals surface area contributed by atoms with Crippen LogP contribution in [0.25, 0.3) is 27.8 Å². The predicted molar refractivity (Wildman–Crippen MR) is 130 cm³/mol. The number of aldehydes is 1. The molecule has 0 spiro atoms. The third kappa shape index (κ3) is 4.62. The average Bonchev–Trinajstić information content (AvgIpc) is 2.87. The van der Waals surface area contributed by atoms with Gasteiger partial charge in [-0.05, 0) is 45.5 Å². The lowest BCUT2D eigenvalue weighted by Crippen LogP contribution is -2.03. The minimum atomic E-state index is 0.282. The molecule has 0 aliphatic rings. The van der Waals surface area contributed by atoms with E-state index in [0.29, 0.717) is 17.1 Å². The lowest BCUT2D eigenvalue weighted by Gasteiger charge is -2.15. The molecule has 0 heterocycles. The van der Waals surface area contributed by atoms with E-state index in [0.717, 1.165) is 34.1 Å². The smallest absolute Gasteiger partial charge is 0.162 e. The van der Waals surface area contributed by atoms with Crippen LogP contribution in [0, 0.1) is 0 Å². The second-order valence-electron chi connectivity index (χ2n) is 7.41. The van der Waals surface area contributed by atoms with Crippen LogP contribution >= 0.6 is 0 Å². The monoisotopic (exact) mass is 420 g/mol. The Kier molecular flexibility index (Phi) is 6.47. The number of hydrogen-bond donors (Lipinski definition) is 0. The molecule has 0 aromatic heterocycles. The van der Waals surface area contributed by atoms with Gasteiger partial charge in [-0.25, -0.2) is 0 Å². The fourth-order valence-corrected chi connectivity index (χ4v) is 3.59. The van der Waals surface area contributed by atoms with Gasteiger partial charge in [-0.1, -0.05) is 91.5 Å². The molecule has 4 rings (SSSR count). The topological polar surface area (TPSA) is 35.5 Å². The first-order valence-electron chi connectivity index (χ1n) is 10.4. The van der Waals surface area contributed by atoms with Crippen LogP contribution in [0.15, 0.2) is 104 Å². The third-order valence-electron chi connectivity index (χ3n) is 5.35. The average molecular weight is 421 g/mol. The van der Waals surface area contributed by atoms with Gasteiger partial charge in [-0.15, -0.1) is 0 Å². The summed E-state index contributed by atoms with van der Waals surface area (Å²) in [5, 5.41) is 0. The molecule has 4 aromatic rings. The zero-order valence-corrected chi connectivity index (χ0v) is 18.0. The molecule has 0 N–H and O–H groups in total. The second kappa shape index (κ2) is 9.80. The van der Waals surface area contributed by atoms with Crippen molar-refractivity contribution in [2.45, 2.75) is 0 Å². The summed E-state index contributed by atoms with van der Waals surface area (Å²) in [5.74, 6) is 1.08. The molecule has 0 saturated carbocycles. The molecule has 0 unspecified atom stereocenters. The van der Waals surface area contributed by atoms with Crippen molar-refractivity contribution < 1.29 is 14.3 Å². The van der Waals surface area contributed by atoms with E-state index in [2.05, 4.69) is 30.8 Å². The van der Waals surface area contributed by atoms with Crippen molar-refractivity contribution >= 4 is 11.9 Å². The molecule has 0 amide bonds. The first-order chi connectivity index (χ1) is 15.7. The van der Waals surface area contributed by atoms with Crippen LogP contribution in [0.3, 0.4) is 0 Å². The predicted octanol–water partition coefficient (Wildman–Crippen LogP) is 6.93. The Morgan fingerprint density at radius 3 is 1.97 bits per heavy atom. The summed E-state index contributed by atoms with van der Waals surface area (Å²) in [6.45, 7) is 4.45. The van der Waals surface area contributed by atoms with Gasteiger partial charge in [0.05, 0.1) is 7.11 Å². The summed E-state index contributed by atoms with van der Waals surface area (Å²) < 4.78 is 11.5. The van der Waals surface area contributed by atoms with Crippen LogP contribution in [0.5, 0.6) is 11.5 Å². The van der Waals surface area contributed by atoms with Crippen LogP contribution in [0.1, 0.15) is 15.9 Å². The number of rotatable bonds is 8. The van der Waals surface area contributed by atoms with Crippen LogP contribution < -0.4 is 9.47 Å². The third-order valence-corrected chi connectivity index (χ3v) is 5.35. The molecular weight excluding hydrogens is 396 g/mol. The van der Waals surface area contributed by atoms with Crippen LogP contribution in [-0.4, -0.2) is 20.0 Å². The van der Waals surface area contributed by atoms with Crippen molar-refractivity contribution in [2.75, 3.05) is 13.7 Å². The fraction of sp³-hybridized carbons (Fsp3) is 0.0690. The van der Waals surface area contributed by atoms with Crippen LogP contribution in [0.2, 0.25) is 0 Å². The molecular formula is C29H24O3. The zero-order chi connectivity index (χ0) is 22.3. The lowest BCUT2D eigenvalue weighted by molar-refractivity contribution is 0.112. The molecule has 0 atom stereocenters. The zero-order valence-electron chi connectivity index (χ0n) is 18.0. The standard InChI is InChI=1S/C29H24O3/c1-21(22-13-15-24(16-14-22)23-9-5-3-6-10-23)20-32-29-17-26(19-30)27(18-28(29)31-2)25-11-7-4-8-12-25/h3-19H,1,20H2,2H3. The van der Waals surface area contributed by atoms with E-state index in [4.69, 9.17) is 9.47 Å². The molecule has 0 bridgehead atoms. The van der Waals surface area contributed by atoms with Gasteiger partial charge in [0, 0.05) is 5.56 Å². The summed E-state index contributed by atoms with van der Waals surface area (Å²) in [6, 6.07) is 31.8. The van der Waals surface area contributed by atoms with Crippen molar-refractivity contribution in [1.29, 1.82) is 0 Å². The molecule has 0 aliphatic carbocycles. The summed E-state index contributed by atoms with van der Waals surface area (Å²) in [5.41, 5.74) is 6.46. The van der Waals surface area contributed by atoms with Gasteiger partial charge < -0.3 is 9.47 Å². The van der Waals surface area contributed by atoms with Crippen molar-refractivity contribution in [2.24, 2.45) is 0 Å². The number of carbonyl (C=O) groups excluding carboxylic acids is 1. The molecule has 0 radical (unpaired) electrons. The maximum atomic E-state index is 11.7. The summed E-state index contributed by atoms with van der Waals surface area (Å²) in [4.78, 5) is 11.7. The molecule has 4 aromatic carbocycles. The number of hydrogen-bond acceptors (Lipinski definition) is 3. The van der Waals surface area contributed by atoms with Gasteiger partial charge in [-0.2, -0.15) is 0 Å². The minimum absolute atomic E-state index is 0.282. The highest BCUT2D eigenvalue weighted by molar-refractivity contribution is 5.89. The van der Waals surface area contributed by atoms with E-state index in [1.807, 2.05) is 66.7 Å². The number of ether oxygens (including phenoxy) is 2. The number of carbonyl (C=O) groups is 1. The summed E-state index contributed by atoms with van der Waals surface area (Å²) in [7, 11) is 1.59. The molecule has 3 nitrogen and oxygen atoms in total. The Morgan fingerprint density at radius 2 is 1.38 bits per heavy atom. The Bertz CT molecular complexity index is 1210. The van der Waals surface area contributed by atoms with E-state index >= 15 is 0 Å². The van der Waals surface area contributed by atoms with Crippen molar-refractivity contribution in [3.63, 3.8) is 0 Å². The van der Waals surface area contributed by atoms with E-state index in [1.54, 1.807) is 13.2 Å². The largest absolute Gasteiger partial charge is 0.493 e. The van der Waals surface area contributed by atoms with Gasteiger partial charge >= 0.3 is 0 Å². The first-order valence-corrected chi connectivity index (χ1v) is 10.4. The van der Waals surface area contributed by atoms with Gasteiger partial charge in [0.1, 0.15) is 6.61 Å². The minimum Gasteiger partial charge on any atom is -0.493 e. The highest BCUT2D eigenvalue weighted by Gasteiger charge is 2.13. The Morgan fingerprint density at radius 1 is 0.781 bits per heavy atom. The molecule has 0 saturated heterocycles. The van der Waals surface area contributed by atoms with E-state index < -0.39 is 0 Å². The van der Waals surface area contributed by atoms with E-state index in [1.165, 1.54) is 5.56 Å². The van der Waals surface area contributed by atoms with Crippen molar-refractivity contribution in [3.8, 4) is 33.8 Å².